The molecule has 0 aromatic carbocycles. The second-order valence-electron chi connectivity index (χ2n) is 3.05. The molecule has 1 atom stereocenters. The molecule has 0 saturated carbocycles. The molecule has 2 heteroatoms. The average Bonchev–Trinajstić information content (AvgIpc) is 2.31. The average molecular weight is 188 g/mol. The summed E-state index contributed by atoms with van der Waals surface area (Å²) in [5, 5.41) is 0.819. The monoisotopic (exact) mass is 188 g/mol. The molecule has 0 aromatic heterocycles. The molecule has 0 amide bonds. The van der Waals surface area contributed by atoms with Crippen molar-refractivity contribution in [2.75, 3.05) is 0 Å². The number of rotatable bonds is 3. The smallest absolute Gasteiger partial charge is 0.0371 e. The molecular weight excluding hydrogens is 172 g/mol. The van der Waals surface area contributed by atoms with Gasteiger partial charge in [-0.05, 0) is 30.7 Å². The van der Waals surface area contributed by atoms with Crippen molar-refractivity contribution >= 4 is 21.6 Å². The standard InChI is InChI=1S/C9H16S2/c1-4-5-6-9-7(2)8(3)10-11-9/h9H,4-6H2,1-3H3. The summed E-state index contributed by atoms with van der Waals surface area (Å²) in [6.45, 7) is 6.78. The first-order valence-electron chi connectivity index (χ1n) is 4.26. The van der Waals surface area contributed by atoms with Gasteiger partial charge in [-0.3, -0.25) is 0 Å². The first-order valence-corrected chi connectivity index (χ1v) is 6.47. The van der Waals surface area contributed by atoms with Crippen molar-refractivity contribution in [1.82, 2.24) is 0 Å². The SMILES string of the molecule is CCCCC1SSC(C)=C1C. The molecule has 64 valence electrons. The van der Waals surface area contributed by atoms with Crippen LogP contribution >= 0.6 is 21.6 Å². The van der Waals surface area contributed by atoms with Gasteiger partial charge in [0.05, 0.1) is 0 Å². The lowest BCUT2D eigenvalue weighted by molar-refractivity contribution is 0.725. The van der Waals surface area contributed by atoms with Crippen LogP contribution in [0.2, 0.25) is 0 Å². The normalized spacial score (nSPS) is 24.8. The second-order valence-corrected chi connectivity index (χ2v) is 5.67. The van der Waals surface area contributed by atoms with Crippen LogP contribution in [-0.2, 0) is 0 Å². The van der Waals surface area contributed by atoms with Crippen LogP contribution in [0, 0.1) is 0 Å². The van der Waals surface area contributed by atoms with Crippen molar-refractivity contribution in [3.8, 4) is 0 Å². The zero-order valence-corrected chi connectivity index (χ0v) is 9.15. The Morgan fingerprint density at radius 3 is 2.55 bits per heavy atom. The third kappa shape index (κ3) is 2.45. The third-order valence-electron chi connectivity index (χ3n) is 2.15. The molecular formula is C9H16S2. The molecule has 0 aromatic rings. The molecule has 0 saturated heterocycles. The fraction of sp³-hybridized carbons (Fsp3) is 0.778. The quantitative estimate of drug-likeness (QED) is 0.608. The summed E-state index contributed by atoms with van der Waals surface area (Å²) in [7, 11) is 4.00. The lowest BCUT2D eigenvalue weighted by Gasteiger charge is -2.07. The molecule has 0 radical (unpaired) electrons. The van der Waals surface area contributed by atoms with Crippen molar-refractivity contribution < 1.29 is 0 Å². The van der Waals surface area contributed by atoms with Gasteiger partial charge in [0.1, 0.15) is 0 Å². The van der Waals surface area contributed by atoms with Crippen molar-refractivity contribution in [2.45, 2.75) is 45.3 Å². The molecule has 1 unspecified atom stereocenters. The minimum atomic E-state index is 0.819. The maximum Gasteiger partial charge on any atom is 0.0371 e. The highest BCUT2D eigenvalue weighted by Crippen LogP contribution is 2.47. The minimum Gasteiger partial charge on any atom is -0.0814 e. The molecule has 0 aliphatic carbocycles. The van der Waals surface area contributed by atoms with Crippen molar-refractivity contribution in [3.63, 3.8) is 0 Å². The van der Waals surface area contributed by atoms with Crippen molar-refractivity contribution in [3.05, 3.63) is 10.5 Å². The van der Waals surface area contributed by atoms with Crippen LogP contribution < -0.4 is 0 Å². The summed E-state index contributed by atoms with van der Waals surface area (Å²) in [6, 6.07) is 0. The van der Waals surface area contributed by atoms with Gasteiger partial charge in [0, 0.05) is 5.25 Å². The highest BCUT2D eigenvalue weighted by atomic mass is 33.1. The van der Waals surface area contributed by atoms with Gasteiger partial charge in [-0.1, -0.05) is 41.4 Å². The summed E-state index contributed by atoms with van der Waals surface area (Å²) < 4.78 is 0. The molecule has 1 aliphatic heterocycles. The fourth-order valence-corrected chi connectivity index (χ4v) is 4.24. The van der Waals surface area contributed by atoms with E-state index in [0.717, 1.165) is 5.25 Å². The van der Waals surface area contributed by atoms with Gasteiger partial charge in [0.15, 0.2) is 0 Å². The Morgan fingerprint density at radius 1 is 1.36 bits per heavy atom. The van der Waals surface area contributed by atoms with E-state index >= 15 is 0 Å². The van der Waals surface area contributed by atoms with Gasteiger partial charge in [0.2, 0.25) is 0 Å². The van der Waals surface area contributed by atoms with Gasteiger partial charge in [-0.15, -0.1) is 0 Å². The van der Waals surface area contributed by atoms with E-state index in [9.17, 15) is 0 Å². The zero-order valence-electron chi connectivity index (χ0n) is 7.52. The van der Waals surface area contributed by atoms with Crippen LogP contribution in [0.1, 0.15) is 40.0 Å². The molecule has 1 heterocycles. The summed E-state index contributed by atoms with van der Waals surface area (Å²) in [5.41, 5.74) is 1.62. The van der Waals surface area contributed by atoms with E-state index in [2.05, 4.69) is 20.8 Å². The van der Waals surface area contributed by atoms with Crippen LogP contribution in [0.15, 0.2) is 10.5 Å². The van der Waals surface area contributed by atoms with E-state index in [-0.39, 0.29) is 0 Å². The fourth-order valence-electron chi connectivity index (χ4n) is 1.15. The molecule has 11 heavy (non-hydrogen) atoms. The maximum absolute atomic E-state index is 2.28. The Hall–Kier alpha value is 0.440. The summed E-state index contributed by atoms with van der Waals surface area (Å²) in [4.78, 5) is 1.54. The van der Waals surface area contributed by atoms with E-state index in [1.165, 1.54) is 24.2 Å². The van der Waals surface area contributed by atoms with Gasteiger partial charge >= 0.3 is 0 Å². The van der Waals surface area contributed by atoms with Crippen LogP contribution in [0.25, 0.3) is 0 Å². The van der Waals surface area contributed by atoms with E-state index in [1.54, 1.807) is 5.57 Å². The van der Waals surface area contributed by atoms with E-state index in [0.29, 0.717) is 0 Å². The predicted octanol–water partition coefficient (Wildman–Crippen LogP) is 4.23. The van der Waals surface area contributed by atoms with E-state index < -0.39 is 0 Å². The second kappa shape index (κ2) is 4.46. The zero-order chi connectivity index (χ0) is 8.27. The van der Waals surface area contributed by atoms with E-state index in [4.69, 9.17) is 0 Å². The van der Waals surface area contributed by atoms with Crippen molar-refractivity contribution in [1.29, 1.82) is 0 Å². The number of hydrogen-bond acceptors (Lipinski definition) is 2. The molecule has 0 nitrogen and oxygen atoms in total. The van der Waals surface area contributed by atoms with Gasteiger partial charge in [-0.25, -0.2) is 0 Å². The van der Waals surface area contributed by atoms with Gasteiger partial charge in [-0.2, -0.15) is 0 Å². The number of allylic oxidation sites excluding steroid dienone is 1. The molecule has 0 bridgehead atoms. The predicted molar refractivity (Wildman–Crippen MR) is 56.9 cm³/mol. The topological polar surface area (TPSA) is 0 Å². The molecule has 0 spiro atoms. The highest BCUT2D eigenvalue weighted by molar-refractivity contribution is 8.78. The van der Waals surface area contributed by atoms with Crippen LogP contribution in [-0.4, -0.2) is 5.25 Å². The Morgan fingerprint density at radius 2 is 2.09 bits per heavy atom. The van der Waals surface area contributed by atoms with Gasteiger partial charge < -0.3 is 0 Å². The molecule has 0 N–H and O–H groups in total. The first kappa shape index (κ1) is 9.53. The van der Waals surface area contributed by atoms with Gasteiger partial charge in [0.25, 0.3) is 0 Å². The Bertz CT molecular complexity index is 161. The van der Waals surface area contributed by atoms with Crippen LogP contribution in [0.4, 0.5) is 0 Å². The van der Waals surface area contributed by atoms with Crippen LogP contribution in [0.3, 0.4) is 0 Å². The van der Waals surface area contributed by atoms with E-state index in [1.807, 2.05) is 21.6 Å². The third-order valence-corrected chi connectivity index (χ3v) is 5.37. The maximum atomic E-state index is 2.28. The Labute approximate surface area is 77.6 Å². The van der Waals surface area contributed by atoms with Crippen molar-refractivity contribution in [2.24, 2.45) is 0 Å². The number of hydrogen-bond donors (Lipinski definition) is 0. The summed E-state index contributed by atoms with van der Waals surface area (Å²) in [5.74, 6) is 0. The minimum absolute atomic E-state index is 0.819. The molecule has 0 fully saturated rings. The Balaban J connectivity index is 2.37. The lowest BCUT2D eigenvalue weighted by Crippen LogP contribution is -1.99. The largest absolute Gasteiger partial charge is 0.0814 e. The molecule has 1 rings (SSSR count). The van der Waals surface area contributed by atoms with Crippen LogP contribution in [0.5, 0.6) is 0 Å². The lowest BCUT2D eigenvalue weighted by atomic mass is 10.1. The number of unbranched alkanes of at least 4 members (excludes halogenated alkanes) is 1. The first-order chi connectivity index (χ1) is 5.25. The highest BCUT2D eigenvalue weighted by Gasteiger charge is 2.20. The summed E-state index contributed by atoms with van der Waals surface area (Å²) >= 11 is 0. The molecule has 1 aliphatic rings. The Kier molecular flexibility index (Phi) is 3.86. The summed E-state index contributed by atoms with van der Waals surface area (Å²) in [6.07, 6.45) is 4.08.